The van der Waals surface area contributed by atoms with Crippen LogP contribution in [0.15, 0.2) is 35.1 Å². The van der Waals surface area contributed by atoms with Crippen molar-refractivity contribution < 1.29 is 14.3 Å². The van der Waals surface area contributed by atoms with Crippen LogP contribution in [0.2, 0.25) is 0 Å². The molecule has 1 aliphatic carbocycles. The van der Waals surface area contributed by atoms with Crippen LogP contribution in [0.1, 0.15) is 69.5 Å². The van der Waals surface area contributed by atoms with Crippen LogP contribution in [0, 0.1) is 12.8 Å². The third kappa shape index (κ3) is 7.69. The Morgan fingerprint density at radius 1 is 1.21 bits per heavy atom. The molecule has 1 saturated carbocycles. The highest BCUT2D eigenvalue weighted by atomic mass is 32.1. The molecule has 0 amide bonds. The monoisotopic (exact) mass is 486 g/mol. The lowest BCUT2D eigenvalue weighted by molar-refractivity contribution is -0.144. The molecule has 6 nitrogen and oxygen atoms in total. The second-order valence-corrected chi connectivity index (χ2v) is 9.73. The minimum atomic E-state index is -0.420. The van der Waals surface area contributed by atoms with Crippen molar-refractivity contribution in [3.63, 3.8) is 0 Å². The summed E-state index contributed by atoms with van der Waals surface area (Å²) in [5.74, 6) is 1.66. The zero-order valence-electron chi connectivity index (χ0n) is 21.5. The van der Waals surface area contributed by atoms with Crippen LogP contribution in [0.3, 0.4) is 0 Å². The summed E-state index contributed by atoms with van der Waals surface area (Å²) < 4.78 is 11.9. The van der Waals surface area contributed by atoms with Crippen LogP contribution in [0.25, 0.3) is 10.1 Å². The van der Waals surface area contributed by atoms with Crippen LogP contribution in [0.4, 0.5) is 0 Å². The molecule has 0 atom stereocenters. The highest BCUT2D eigenvalue weighted by Gasteiger charge is 2.29. The first-order chi connectivity index (χ1) is 16.3. The van der Waals surface area contributed by atoms with Crippen molar-refractivity contribution in [2.24, 2.45) is 5.92 Å². The summed E-state index contributed by atoms with van der Waals surface area (Å²) in [5, 5.41) is 5.37. The van der Waals surface area contributed by atoms with Gasteiger partial charge in [-0.15, -0.1) is 11.3 Å². The highest BCUT2D eigenvalue weighted by Crippen LogP contribution is 2.42. The molecule has 2 heterocycles. The molecule has 2 aromatic heterocycles. The zero-order valence-corrected chi connectivity index (χ0v) is 22.3. The van der Waals surface area contributed by atoms with E-state index in [0.717, 1.165) is 46.9 Å². The lowest BCUT2D eigenvalue weighted by atomic mass is 10.0. The van der Waals surface area contributed by atoms with Crippen LogP contribution < -0.4 is 10.3 Å². The van der Waals surface area contributed by atoms with Gasteiger partial charge < -0.3 is 9.47 Å². The Morgan fingerprint density at radius 2 is 1.85 bits per heavy atom. The number of benzene rings is 1. The van der Waals surface area contributed by atoms with Gasteiger partial charge in [-0.25, -0.2) is 4.68 Å². The number of methoxy groups -OCH3 is 1. The Kier molecular flexibility index (Phi) is 10.8. The van der Waals surface area contributed by atoms with Crippen molar-refractivity contribution in [3.05, 3.63) is 56.8 Å². The summed E-state index contributed by atoms with van der Waals surface area (Å²) in [7, 11) is 1.69. The number of hydrogen-bond donors (Lipinski definition) is 0. The van der Waals surface area contributed by atoms with E-state index >= 15 is 0 Å². The van der Waals surface area contributed by atoms with Crippen LogP contribution >= 0.6 is 11.3 Å². The van der Waals surface area contributed by atoms with Gasteiger partial charge in [-0.3, -0.25) is 9.59 Å². The molecule has 0 saturated heterocycles. The van der Waals surface area contributed by atoms with Gasteiger partial charge in [0.2, 0.25) is 0 Å². The standard InChI is InChI=1S/C14H16N2O3S.C11H16O.C2H6/c1-3-19-11(17)7-16-14(18)13-10(6-8(2)20-13)12(15-16)9-4-5-9;1-9(2)8-10-4-6-11(12-3)7-5-10;1-2/h6,9H,3-5,7H2,1-2H3;4-7,9H,8H2,1-3H3;1-2H3. The number of esters is 1. The first-order valence-electron chi connectivity index (χ1n) is 12.1. The number of ether oxygens (including phenoxy) is 2. The summed E-state index contributed by atoms with van der Waals surface area (Å²) in [6.45, 7) is 12.4. The van der Waals surface area contributed by atoms with Crippen molar-refractivity contribution in [2.45, 2.75) is 73.3 Å². The molecule has 3 aromatic rings. The van der Waals surface area contributed by atoms with Gasteiger partial charge in [0.25, 0.3) is 5.56 Å². The second kappa shape index (κ2) is 13.3. The molecule has 1 aromatic carbocycles. The molecule has 1 fully saturated rings. The topological polar surface area (TPSA) is 70.4 Å². The smallest absolute Gasteiger partial charge is 0.327 e. The molecule has 186 valence electrons. The molecule has 7 heteroatoms. The minimum absolute atomic E-state index is 0.112. The Hall–Kier alpha value is -2.67. The largest absolute Gasteiger partial charge is 0.497 e. The molecule has 0 unspecified atom stereocenters. The van der Waals surface area contributed by atoms with E-state index in [-0.39, 0.29) is 12.1 Å². The first kappa shape index (κ1) is 27.6. The number of fused-ring (bicyclic) bond motifs is 1. The van der Waals surface area contributed by atoms with Crippen molar-refractivity contribution >= 4 is 27.4 Å². The van der Waals surface area contributed by atoms with Gasteiger partial charge in [-0.1, -0.05) is 39.8 Å². The fourth-order valence-electron chi connectivity index (χ4n) is 3.54. The Balaban J connectivity index is 0.000000251. The molecule has 4 rings (SSSR count). The van der Waals surface area contributed by atoms with E-state index in [1.54, 1.807) is 14.0 Å². The van der Waals surface area contributed by atoms with E-state index in [1.165, 1.54) is 21.6 Å². The minimum Gasteiger partial charge on any atom is -0.497 e. The molecule has 0 radical (unpaired) electrons. The quantitative estimate of drug-likeness (QED) is 0.376. The van der Waals surface area contributed by atoms with Gasteiger partial charge in [-0.05, 0) is 62.8 Å². The van der Waals surface area contributed by atoms with E-state index in [2.05, 4.69) is 31.1 Å². The first-order valence-corrected chi connectivity index (χ1v) is 12.9. The maximum atomic E-state index is 12.4. The van der Waals surface area contributed by atoms with Gasteiger partial charge in [-0.2, -0.15) is 5.10 Å². The van der Waals surface area contributed by atoms with Gasteiger partial charge >= 0.3 is 5.97 Å². The number of carbonyl (C=O) groups is 1. The third-order valence-electron chi connectivity index (χ3n) is 5.14. The summed E-state index contributed by atoms with van der Waals surface area (Å²) in [6, 6.07) is 10.3. The third-order valence-corrected chi connectivity index (χ3v) is 6.18. The molecule has 0 aliphatic heterocycles. The van der Waals surface area contributed by atoms with Crippen LogP contribution in [-0.4, -0.2) is 29.5 Å². The lowest BCUT2D eigenvalue weighted by Gasteiger charge is -2.07. The van der Waals surface area contributed by atoms with Crippen molar-refractivity contribution in [1.29, 1.82) is 0 Å². The lowest BCUT2D eigenvalue weighted by Crippen LogP contribution is -2.28. The average Bonchev–Trinajstić information content (AvgIpc) is 3.58. The highest BCUT2D eigenvalue weighted by molar-refractivity contribution is 7.18. The Labute approximate surface area is 206 Å². The van der Waals surface area contributed by atoms with E-state index in [0.29, 0.717) is 17.2 Å². The molecular formula is C27H38N2O4S. The number of aryl methyl sites for hydroxylation is 1. The van der Waals surface area contributed by atoms with E-state index in [9.17, 15) is 9.59 Å². The molecule has 0 bridgehead atoms. The van der Waals surface area contributed by atoms with Crippen molar-refractivity contribution in [1.82, 2.24) is 9.78 Å². The predicted molar refractivity (Wildman–Crippen MR) is 140 cm³/mol. The molecule has 0 spiro atoms. The molecule has 1 aliphatic rings. The fraction of sp³-hybridized carbons (Fsp3) is 0.519. The number of nitrogens with zero attached hydrogens (tertiary/aromatic N) is 2. The second-order valence-electron chi connectivity index (χ2n) is 8.47. The van der Waals surface area contributed by atoms with Crippen molar-refractivity contribution in [2.75, 3.05) is 13.7 Å². The molecule has 34 heavy (non-hydrogen) atoms. The van der Waals surface area contributed by atoms with Crippen LogP contribution in [0.5, 0.6) is 5.75 Å². The average molecular weight is 487 g/mol. The summed E-state index contributed by atoms with van der Waals surface area (Å²) in [5.41, 5.74) is 2.13. The summed E-state index contributed by atoms with van der Waals surface area (Å²) in [4.78, 5) is 25.1. The SMILES string of the molecule is CC.CCOC(=O)Cn1nc(C2CC2)c2cc(C)sc2c1=O.COc1ccc(CC(C)C)cc1. The number of hydrogen-bond acceptors (Lipinski definition) is 6. The van der Waals surface area contributed by atoms with Gasteiger partial charge in [0.15, 0.2) is 0 Å². The van der Waals surface area contributed by atoms with Crippen molar-refractivity contribution in [3.8, 4) is 5.75 Å². The zero-order chi connectivity index (χ0) is 25.3. The van der Waals surface area contributed by atoms with Gasteiger partial charge in [0.05, 0.1) is 19.4 Å². The number of rotatable bonds is 7. The summed E-state index contributed by atoms with van der Waals surface area (Å²) >= 11 is 1.47. The number of thiophene rings is 1. The van der Waals surface area contributed by atoms with Gasteiger partial charge in [0, 0.05) is 16.2 Å². The van der Waals surface area contributed by atoms with E-state index in [1.807, 2.05) is 39.0 Å². The summed E-state index contributed by atoms with van der Waals surface area (Å²) in [6.07, 6.45) is 3.35. The maximum Gasteiger partial charge on any atom is 0.327 e. The fourth-order valence-corrected chi connectivity index (χ4v) is 4.50. The van der Waals surface area contributed by atoms with E-state index < -0.39 is 5.97 Å². The maximum absolute atomic E-state index is 12.4. The normalized spacial score (nSPS) is 12.5. The number of carbonyl (C=O) groups excluding carboxylic acids is 1. The van der Waals surface area contributed by atoms with Gasteiger partial charge in [0.1, 0.15) is 17.0 Å². The Bertz CT molecular complexity index is 1110. The van der Waals surface area contributed by atoms with Crippen LogP contribution in [-0.2, 0) is 22.5 Å². The molecular weight excluding hydrogens is 448 g/mol. The number of aromatic nitrogens is 2. The Morgan fingerprint density at radius 3 is 2.38 bits per heavy atom. The predicted octanol–water partition coefficient (Wildman–Crippen LogP) is 6.13. The van der Waals surface area contributed by atoms with E-state index in [4.69, 9.17) is 9.47 Å². The molecule has 0 N–H and O–H groups in total.